The van der Waals surface area contributed by atoms with Crippen LogP contribution in [0.5, 0.6) is 0 Å². The van der Waals surface area contributed by atoms with Crippen molar-refractivity contribution < 1.29 is 9.53 Å². The van der Waals surface area contributed by atoms with E-state index in [4.69, 9.17) is 16.3 Å². The lowest BCUT2D eigenvalue weighted by atomic mass is 10.2. The van der Waals surface area contributed by atoms with Crippen molar-refractivity contribution in [2.45, 2.75) is 46.3 Å². The third-order valence-electron chi connectivity index (χ3n) is 4.70. The van der Waals surface area contributed by atoms with Crippen LogP contribution in [0.1, 0.15) is 42.1 Å². The van der Waals surface area contributed by atoms with Gasteiger partial charge in [0.2, 0.25) is 0 Å². The van der Waals surface area contributed by atoms with Gasteiger partial charge >= 0.3 is 0 Å². The summed E-state index contributed by atoms with van der Waals surface area (Å²) in [4.78, 5) is 19.4. The topological polar surface area (TPSA) is 72.3 Å². The summed E-state index contributed by atoms with van der Waals surface area (Å²) in [6, 6.07) is 5.41. The number of nitrogens with zero attached hydrogens (tertiary/aromatic N) is 4. The molecule has 2 unspecified atom stereocenters. The Labute approximate surface area is 171 Å². The number of hydrogen-bond donors (Lipinski definition) is 1. The van der Waals surface area contributed by atoms with Crippen molar-refractivity contribution >= 4 is 17.5 Å². The molecule has 1 saturated heterocycles. The first-order valence-electron chi connectivity index (χ1n) is 9.69. The third kappa shape index (κ3) is 5.10. The second-order valence-corrected chi connectivity index (χ2v) is 7.87. The van der Waals surface area contributed by atoms with Gasteiger partial charge in [0.25, 0.3) is 5.91 Å². The van der Waals surface area contributed by atoms with E-state index in [1.54, 1.807) is 16.8 Å². The molecule has 1 aliphatic rings. The van der Waals surface area contributed by atoms with Gasteiger partial charge in [0, 0.05) is 31.9 Å². The van der Waals surface area contributed by atoms with Crippen molar-refractivity contribution in [3.8, 4) is 5.82 Å². The minimum Gasteiger partial charge on any atom is -0.373 e. The zero-order valence-electron chi connectivity index (χ0n) is 16.9. The number of rotatable bonds is 6. The molecule has 0 spiro atoms. The van der Waals surface area contributed by atoms with Gasteiger partial charge in [-0.1, -0.05) is 11.6 Å². The number of morpholine rings is 1. The van der Waals surface area contributed by atoms with Gasteiger partial charge in [0.05, 0.1) is 22.9 Å². The van der Waals surface area contributed by atoms with E-state index in [9.17, 15) is 4.79 Å². The fourth-order valence-corrected chi connectivity index (χ4v) is 3.82. The first-order chi connectivity index (χ1) is 13.3. The van der Waals surface area contributed by atoms with Gasteiger partial charge < -0.3 is 10.1 Å². The highest BCUT2D eigenvalue weighted by Gasteiger charge is 2.21. The highest BCUT2D eigenvalue weighted by atomic mass is 35.5. The number of halogens is 1. The van der Waals surface area contributed by atoms with Crippen molar-refractivity contribution in [3.63, 3.8) is 0 Å². The van der Waals surface area contributed by atoms with Crippen LogP contribution in [0.3, 0.4) is 0 Å². The van der Waals surface area contributed by atoms with Crippen molar-refractivity contribution in [1.29, 1.82) is 0 Å². The Morgan fingerprint density at radius 2 is 2.00 bits per heavy atom. The van der Waals surface area contributed by atoms with Gasteiger partial charge in [-0.3, -0.25) is 9.69 Å². The maximum atomic E-state index is 12.6. The summed E-state index contributed by atoms with van der Waals surface area (Å²) in [6.07, 6.45) is 1.36. The first-order valence-corrected chi connectivity index (χ1v) is 10.1. The van der Waals surface area contributed by atoms with Crippen LogP contribution in [0.4, 0.5) is 0 Å². The molecule has 7 nitrogen and oxygen atoms in total. The smallest absolute Gasteiger partial charge is 0.271 e. The SMILES string of the molecule is Cc1cc(C)n(-c2ccc(Cl)c(C(=O)NCCCN3CC(C)OC(C)C3)n2)n1. The molecule has 3 rings (SSSR count). The Morgan fingerprint density at radius 1 is 1.29 bits per heavy atom. The summed E-state index contributed by atoms with van der Waals surface area (Å²) in [5, 5.41) is 7.67. The number of carbonyl (C=O) groups is 1. The van der Waals surface area contributed by atoms with E-state index in [0.29, 0.717) is 17.4 Å². The predicted octanol–water partition coefficient (Wildman–Crippen LogP) is 2.77. The molecule has 0 radical (unpaired) electrons. The van der Waals surface area contributed by atoms with E-state index < -0.39 is 0 Å². The molecule has 0 aliphatic carbocycles. The lowest BCUT2D eigenvalue weighted by Gasteiger charge is -2.35. The lowest BCUT2D eigenvalue weighted by Crippen LogP contribution is -2.46. The fourth-order valence-electron chi connectivity index (χ4n) is 3.63. The zero-order chi connectivity index (χ0) is 20.3. The van der Waals surface area contributed by atoms with Crippen LogP contribution < -0.4 is 5.32 Å². The van der Waals surface area contributed by atoms with Gasteiger partial charge in [-0.15, -0.1) is 0 Å². The number of aromatic nitrogens is 3. The zero-order valence-corrected chi connectivity index (χ0v) is 17.7. The first kappa shape index (κ1) is 20.8. The summed E-state index contributed by atoms with van der Waals surface area (Å²) >= 11 is 6.22. The third-order valence-corrected chi connectivity index (χ3v) is 5.01. The van der Waals surface area contributed by atoms with Crippen LogP contribution >= 0.6 is 11.6 Å². The molecular formula is C20H28ClN5O2. The Hall–Kier alpha value is -1.96. The minimum absolute atomic E-state index is 0.223. The normalized spacial score (nSPS) is 20.3. The van der Waals surface area contributed by atoms with Crippen LogP contribution in [0.15, 0.2) is 18.2 Å². The van der Waals surface area contributed by atoms with Gasteiger partial charge in [-0.2, -0.15) is 5.10 Å². The average Bonchev–Trinajstić information content (AvgIpc) is 2.96. The summed E-state index contributed by atoms with van der Waals surface area (Å²) in [5.41, 5.74) is 2.07. The van der Waals surface area contributed by atoms with Crippen molar-refractivity contribution in [2.24, 2.45) is 0 Å². The fraction of sp³-hybridized carbons (Fsp3) is 0.550. The number of aryl methyl sites for hydroxylation is 2. The number of amides is 1. The van der Waals surface area contributed by atoms with Gasteiger partial charge in [0.1, 0.15) is 5.69 Å². The summed E-state index contributed by atoms with van der Waals surface area (Å²) in [7, 11) is 0. The summed E-state index contributed by atoms with van der Waals surface area (Å²) in [6.45, 7) is 11.4. The van der Waals surface area contributed by atoms with E-state index in [2.05, 4.69) is 34.1 Å². The second kappa shape index (κ2) is 9.03. The van der Waals surface area contributed by atoms with E-state index in [1.165, 1.54) is 0 Å². The predicted molar refractivity (Wildman–Crippen MR) is 109 cm³/mol. The van der Waals surface area contributed by atoms with Gasteiger partial charge in [-0.25, -0.2) is 9.67 Å². The molecule has 1 amide bonds. The van der Waals surface area contributed by atoms with E-state index in [-0.39, 0.29) is 23.8 Å². The standard InChI is InChI=1S/C20H28ClN5O2/c1-13-10-14(2)26(24-13)18-7-6-17(21)19(23-18)20(27)22-8-5-9-25-11-15(3)28-16(4)12-25/h6-7,10,15-16H,5,8-9,11-12H2,1-4H3,(H,22,27). The number of carbonyl (C=O) groups excluding carboxylic acids is 1. The monoisotopic (exact) mass is 405 g/mol. The molecule has 2 aromatic rings. The molecule has 1 aliphatic heterocycles. The number of pyridine rings is 1. The Kier molecular flexibility index (Phi) is 6.69. The quantitative estimate of drug-likeness (QED) is 0.748. The average molecular weight is 406 g/mol. The molecule has 2 aromatic heterocycles. The molecule has 3 heterocycles. The van der Waals surface area contributed by atoms with Crippen molar-refractivity contribution in [2.75, 3.05) is 26.2 Å². The molecule has 28 heavy (non-hydrogen) atoms. The Morgan fingerprint density at radius 3 is 2.64 bits per heavy atom. The molecule has 0 bridgehead atoms. The van der Waals surface area contributed by atoms with E-state index >= 15 is 0 Å². The van der Waals surface area contributed by atoms with Crippen LogP contribution in [0, 0.1) is 13.8 Å². The lowest BCUT2D eigenvalue weighted by molar-refractivity contribution is -0.0679. The Bertz CT molecular complexity index is 828. The highest BCUT2D eigenvalue weighted by molar-refractivity contribution is 6.33. The number of nitrogens with one attached hydrogen (secondary N) is 1. The van der Waals surface area contributed by atoms with E-state index in [0.717, 1.165) is 37.4 Å². The Balaban J connectivity index is 1.57. The van der Waals surface area contributed by atoms with Crippen LogP contribution in [0.2, 0.25) is 5.02 Å². The second-order valence-electron chi connectivity index (χ2n) is 7.47. The molecule has 0 aromatic carbocycles. The maximum absolute atomic E-state index is 12.6. The molecule has 1 N–H and O–H groups in total. The van der Waals surface area contributed by atoms with Crippen LogP contribution in [-0.4, -0.2) is 64.0 Å². The van der Waals surface area contributed by atoms with Crippen LogP contribution in [-0.2, 0) is 4.74 Å². The largest absolute Gasteiger partial charge is 0.373 e. The molecule has 1 fully saturated rings. The highest BCUT2D eigenvalue weighted by Crippen LogP contribution is 2.18. The minimum atomic E-state index is -0.267. The van der Waals surface area contributed by atoms with Gasteiger partial charge in [0.15, 0.2) is 5.82 Å². The van der Waals surface area contributed by atoms with E-state index in [1.807, 2.05) is 19.9 Å². The molecule has 8 heteroatoms. The van der Waals surface area contributed by atoms with Crippen LogP contribution in [0.25, 0.3) is 5.82 Å². The van der Waals surface area contributed by atoms with Gasteiger partial charge in [-0.05, 0) is 52.3 Å². The molecule has 2 atom stereocenters. The number of ether oxygens (including phenoxy) is 1. The summed E-state index contributed by atoms with van der Waals surface area (Å²) in [5.74, 6) is 0.313. The number of hydrogen-bond acceptors (Lipinski definition) is 5. The molecular weight excluding hydrogens is 378 g/mol. The molecule has 152 valence electrons. The summed E-state index contributed by atoms with van der Waals surface area (Å²) < 4.78 is 7.46. The van der Waals surface area contributed by atoms with Crippen molar-refractivity contribution in [1.82, 2.24) is 25.0 Å². The molecule has 0 saturated carbocycles. The van der Waals surface area contributed by atoms with Crippen molar-refractivity contribution in [3.05, 3.63) is 40.3 Å². The maximum Gasteiger partial charge on any atom is 0.271 e.